The van der Waals surface area contributed by atoms with Gasteiger partial charge in [-0.1, -0.05) is 53.4 Å². The quantitative estimate of drug-likeness (QED) is 0.534. The summed E-state index contributed by atoms with van der Waals surface area (Å²) < 4.78 is 5.73. The van der Waals surface area contributed by atoms with Crippen molar-refractivity contribution < 1.29 is 9.53 Å². The number of nitrogens with zero attached hydrogens (tertiary/aromatic N) is 2. The highest BCUT2D eigenvalue weighted by molar-refractivity contribution is 8.01. The molecule has 6 nitrogen and oxygen atoms in total. The Morgan fingerprint density at radius 2 is 2.13 bits per heavy atom. The second-order valence-corrected chi connectivity index (χ2v) is 6.98. The minimum atomic E-state index is -0.0181. The second-order valence-electron chi connectivity index (χ2n) is 4.78. The maximum Gasteiger partial charge on any atom is 0.230 e. The van der Waals surface area contributed by atoms with E-state index in [4.69, 9.17) is 4.74 Å². The predicted octanol–water partition coefficient (Wildman–Crippen LogP) is 2.57. The lowest BCUT2D eigenvalue weighted by atomic mass is 10.1. The van der Waals surface area contributed by atoms with Crippen molar-refractivity contribution in [2.75, 3.05) is 31.3 Å². The van der Waals surface area contributed by atoms with Crippen molar-refractivity contribution >= 4 is 34.1 Å². The Hall–Kier alpha value is -1.64. The van der Waals surface area contributed by atoms with Gasteiger partial charge in [-0.2, -0.15) is 0 Å². The van der Waals surface area contributed by atoms with Crippen LogP contribution in [0.1, 0.15) is 18.5 Å². The van der Waals surface area contributed by atoms with Crippen LogP contribution in [0.3, 0.4) is 0 Å². The molecule has 0 saturated carbocycles. The number of nitrogens with one attached hydrogen (secondary N) is 2. The molecule has 2 N–H and O–H groups in total. The predicted molar refractivity (Wildman–Crippen MR) is 94.0 cm³/mol. The first-order chi connectivity index (χ1) is 11.2. The van der Waals surface area contributed by atoms with Gasteiger partial charge in [0.05, 0.1) is 18.4 Å². The van der Waals surface area contributed by atoms with E-state index < -0.39 is 0 Å². The normalized spacial score (nSPS) is 11.9. The van der Waals surface area contributed by atoms with Crippen molar-refractivity contribution in [1.82, 2.24) is 15.5 Å². The summed E-state index contributed by atoms with van der Waals surface area (Å²) in [4.78, 5) is 12.0. The number of amides is 1. The van der Waals surface area contributed by atoms with Crippen LogP contribution < -0.4 is 10.6 Å². The van der Waals surface area contributed by atoms with Crippen molar-refractivity contribution in [3.8, 4) is 0 Å². The topological polar surface area (TPSA) is 76.1 Å². The van der Waals surface area contributed by atoms with Crippen LogP contribution in [0.15, 0.2) is 34.7 Å². The third kappa shape index (κ3) is 6.17. The molecular weight excluding hydrogens is 332 g/mol. The largest absolute Gasteiger partial charge is 0.383 e. The molecule has 0 spiro atoms. The van der Waals surface area contributed by atoms with Gasteiger partial charge in [-0.05, 0) is 12.5 Å². The molecule has 0 aliphatic carbocycles. The average Bonchev–Trinajstić information content (AvgIpc) is 3.02. The fraction of sp³-hybridized carbons (Fsp3) is 0.400. The molecule has 1 aromatic carbocycles. The molecule has 0 unspecified atom stereocenters. The molecule has 1 amide bonds. The average molecular weight is 352 g/mol. The number of ether oxygens (including phenoxy) is 1. The summed E-state index contributed by atoms with van der Waals surface area (Å²) in [5, 5.41) is 14.9. The number of methoxy groups -OCH3 is 1. The number of benzene rings is 1. The van der Waals surface area contributed by atoms with Gasteiger partial charge in [0.1, 0.15) is 0 Å². The zero-order chi connectivity index (χ0) is 16.5. The van der Waals surface area contributed by atoms with Gasteiger partial charge in [0, 0.05) is 13.7 Å². The Labute approximate surface area is 144 Å². The van der Waals surface area contributed by atoms with E-state index >= 15 is 0 Å². The van der Waals surface area contributed by atoms with Crippen LogP contribution in [-0.4, -0.2) is 42.1 Å². The second kappa shape index (κ2) is 9.49. The van der Waals surface area contributed by atoms with Crippen LogP contribution in [0, 0.1) is 0 Å². The zero-order valence-electron chi connectivity index (χ0n) is 13.1. The Bertz CT molecular complexity index is 607. The van der Waals surface area contributed by atoms with E-state index in [-0.39, 0.29) is 11.9 Å². The molecule has 0 radical (unpaired) electrons. The van der Waals surface area contributed by atoms with E-state index in [0.29, 0.717) is 18.9 Å². The summed E-state index contributed by atoms with van der Waals surface area (Å²) in [6, 6.07) is 9.88. The monoisotopic (exact) mass is 352 g/mol. The first-order valence-electron chi connectivity index (χ1n) is 7.22. The van der Waals surface area contributed by atoms with Gasteiger partial charge >= 0.3 is 0 Å². The Balaban J connectivity index is 1.74. The lowest BCUT2D eigenvalue weighted by Gasteiger charge is -2.13. The number of carbonyl (C=O) groups is 1. The van der Waals surface area contributed by atoms with Crippen molar-refractivity contribution in [3.05, 3.63) is 35.9 Å². The Kier molecular flexibility index (Phi) is 7.31. The van der Waals surface area contributed by atoms with Crippen LogP contribution in [-0.2, 0) is 9.53 Å². The third-order valence-electron chi connectivity index (χ3n) is 2.99. The highest BCUT2D eigenvalue weighted by Gasteiger charge is 2.11. The summed E-state index contributed by atoms with van der Waals surface area (Å²) >= 11 is 2.82. The smallest absolute Gasteiger partial charge is 0.230 e. The van der Waals surface area contributed by atoms with E-state index in [0.717, 1.165) is 15.0 Å². The summed E-state index contributed by atoms with van der Waals surface area (Å²) in [6.45, 7) is 3.27. The number of hydrogen-bond acceptors (Lipinski definition) is 7. The number of aromatic nitrogens is 2. The number of carbonyl (C=O) groups excluding carboxylic acids is 1. The van der Waals surface area contributed by atoms with E-state index in [1.165, 1.54) is 23.1 Å². The van der Waals surface area contributed by atoms with E-state index in [1.54, 1.807) is 7.11 Å². The number of anilines is 1. The van der Waals surface area contributed by atoms with Gasteiger partial charge < -0.3 is 15.4 Å². The van der Waals surface area contributed by atoms with Crippen LogP contribution in [0.25, 0.3) is 0 Å². The van der Waals surface area contributed by atoms with Gasteiger partial charge in [-0.25, -0.2) is 0 Å². The maximum atomic E-state index is 12.0. The highest BCUT2D eigenvalue weighted by atomic mass is 32.2. The molecule has 1 atom stereocenters. The van der Waals surface area contributed by atoms with E-state index in [1.807, 2.05) is 37.3 Å². The molecule has 0 aliphatic heterocycles. The highest BCUT2D eigenvalue weighted by Crippen LogP contribution is 2.25. The minimum absolute atomic E-state index is 0.00927. The molecule has 0 saturated heterocycles. The van der Waals surface area contributed by atoms with Crippen LogP contribution >= 0.6 is 23.1 Å². The molecular formula is C15H20N4O2S2. The molecule has 124 valence electrons. The molecule has 8 heteroatoms. The van der Waals surface area contributed by atoms with Gasteiger partial charge in [0.15, 0.2) is 4.34 Å². The van der Waals surface area contributed by atoms with Gasteiger partial charge in [-0.15, -0.1) is 10.2 Å². The fourth-order valence-electron chi connectivity index (χ4n) is 1.84. The SMILES string of the molecule is COCCNc1nnc(SCC(=O)N[C@H](C)c2ccccc2)s1. The van der Waals surface area contributed by atoms with Crippen molar-refractivity contribution in [3.63, 3.8) is 0 Å². The first kappa shape index (κ1) is 17.7. The van der Waals surface area contributed by atoms with Crippen molar-refractivity contribution in [2.24, 2.45) is 0 Å². The molecule has 0 fully saturated rings. The summed E-state index contributed by atoms with van der Waals surface area (Å²) in [6.07, 6.45) is 0. The summed E-state index contributed by atoms with van der Waals surface area (Å²) in [7, 11) is 1.65. The molecule has 23 heavy (non-hydrogen) atoms. The van der Waals surface area contributed by atoms with Crippen molar-refractivity contribution in [1.29, 1.82) is 0 Å². The molecule has 1 heterocycles. The molecule has 2 rings (SSSR count). The maximum absolute atomic E-state index is 12.0. The van der Waals surface area contributed by atoms with Crippen LogP contribution in [0.4, 0.5) is 5.13 Å². The number of rotatable bonds is 9. The standard InChI is InChI=1S/C15H20N4O2S2/c1-11(12-6-4-3-5-7-12)17-13(20)10-22-15-19-18-14(23-15)16-8-9-21-2/h3-7,11H,8-10H2,1-2H3,(H,16,18)(H,17,20)/t11-/m1/s1. The van der Waals surface area contributed by atoms with Gasteiger partial charge in [0.25, 0.3) is 0 Å². The van der Waals surface area contributed by atoms with E-state index in [2.05, 4.69) is 20.8 Å². The number of thioether (sulfide) groups is 1. The summed E-state index contributed by atoms with van der Waals surface area (Å²) in [5.74, 6) is 0.305. The van der Waals surface area contributed by atoms with Crippen LogP contribution in [0.2, 0.25) is 0 Å². The number of hydrogen-bond donors (Lipinski definition) is 2. The first-order valence-corrected chi connectivity index (χ1v) is 9.02. The molecule has 0 aliphatic rings. The lowest BCUT2D eigenvalue weighted by Crippen LogP contribution is -2.28. The Morgan fingerprint density at radius 3 is 2.87 bits per heavy atom. The fourth-order valence-corrected chi connectivity index (χ4v) is 3.42. The Morgan fingerprint density at radius 1 is 1.35 bits per heavy atom. The molecule has 0 bridgehead atoms. The van der Waals surface area contributed by atoms with Crippen LogP contribution in [0.5, 0.6) is 0 Å². The lowest BCUT2D eigenvalue weighted by molar-refractivity contribution is -0.119. The van der Waals surface area contributed by atoms with E-state index in [9.17, 15) is 4.79 Å². The molecule has 1 aromatic heterocycles. The van der Waals surface area contributed by atoms with Gasteiger partial charge in [-0.3, -0.25) is 4.79 Å². The van der Waals surface area contributed by atoms with Gasteiger partial charge in [0.2, 0.25) is 11.0 Å². The van der Waals surface area contributed by atoms with Crippen molar-refractivity contribution in [2.45, 2.75) is 17.3 Å². The zero-order valence-corrected chi connectivity index (χ0v) is 14.7. The molecule has 2 aromatic rings. The third-order valence-corrected chi connectivity index (χ3v) is 5.01. The summed E-state index contributed by atoms with van der Waals surface area (Å²) in [5.41, 5.74) is 1.09. The minimum Gasteiger partial charge on any atom is -0.383 e.